The Hall–Kier alpha value is -2.73. The summed E-state index contributed by atoms with van der Waals surface area (Å²) in [5, 5.41) is 10.9. The lowest BCUT2D eigenvalue weighted by molar-refractivity contribution is 0.183. The van der Waals surface area contributed by atoms with Gasteiger partial charge in [0.2, 0.25) is 5.43 Å². The number of rotatable bonds is 4. The highest BCUT2D eigenvalue weighted by Gasteiger charge is 2.21. The molecule has 0 aliphatic heterocycles. The van der Waals surface area contributed by atoms with Gasteiger partial charge in [0.15, 0.2) is 11.5 Å². The molecule has 0 bridgehead atoms. The molecule has 3 aromatic rings. The summed E-state index contributed by atoms with van der Waals surface area (Å²) in [7, 11) is 4.46. The molecule has 1 aromatic heterocycles. The third-order valence-corrected chi connectivity index (χ3v) is 4.03. The van der Waals surface area contributed by atoms with Crippen molar-refractivity contribution in [2.45, 2.75) is 13.5 Å². The van der Waals surface area contributed by atoms with Crippen LogP contribution >= 0.6 is 0 Å². The molecule has 0 fully saturated rings. The maximum atomic E-state index is 13.1. The van der Waals surface area contributed by atoms with Crippen molar-refractivity contribution >= 4 is 21.9 Å². The predicted octanol–water partition coefficient (Wildman–Crippen LogP) is 3.12. The lowest BCUT2D eigenvalue weighted by Gasteiger charge is -2.13. The van der Waals surface area contributed by atoms with Crippen LogP contribution in [0.2, 0.25) is 0 Å². The molecule has 24 heavy (non-hydrogen) atoms. The van der Waals surface area contributed by atoms with Gasteiger partial charge >= 0.3 is 0 Å². The average molecular weight is 330 g/mol. The third kappa shape index (κ3) is 2.27. The molecule has 0 aliphatic rings. The van der Waals surface area contributed by atoms with Gasteiger partial charge in [0.25, 0.3) is 0 Å². The van der Waals surface area contributed by atoms with Crippen LogP contribution in [0.25, 0.3) is 21.9 Å². The van der Waals surface area contributed by atoms with E-state index < -0.39 is 0 Å². The van der Waals surface area contributed by atoms with Crippen LogP contribution in [0.15, 0.2) is 27.4 Å². The van der Waals surface area contributed by atoms with E-state index in [4.69, 9.17) is 18.6 Å². The molecule has 0 spiro atoms. The minimum Gasteiger partial charge on any atom is -0.507 e. The Labute approximate surface area is 138 Å². The van der Waals surface area contributed by atoms with Gasteiger partial charge in [-0.1, -0.05) is 0 Å². The van der Waals surface area contributed by atoms with Gasteiger partial charge in [-0.2, -0.15) is 0 Å². The monoisotopic (exact) mass is 330 g/mol. The molecule has 0 saturated carbocycles. The molecule has 0 saturated heterocycles. The molecular weight excluding hydrogens is 312 g/mol. The maximum absolute atomic E-state index is 13.1. The third-order valence-electron chi connectivity index (χ3n) is 4.03. The van der Waals surface area contributed by atoms with Gasteiger partial charge in [0, 0.05) is 12.7 Å². The summed E-state index contributed by atoms with van der Waals surface area (Å²) in [6.45, 7) is 1.83. The summed E-state index contributed by atoms with van der Waals surface area (Å²) in [6, 6.07) is 4.98. The van der Waals surface area contributed by atoms with Crippen molar-refractivity contribution < 1.29 is 23.7 Å². The van der Waals surface area contributed by atoms with Crippen LogP contribution in [0.3, 0.4) is 0 Å². The molecule has 2 aromatic carbocycles. The Morgan fingerprint density at radius 2 is 1.83 bits per heavy atom. The van der Waals surface area contributed by atoms with Gasteiger partial charge in [-0.05, 0) is 30.7 Å². The second-order valence-electron chi connectivity index (χ2n) is 5.43. The summed E-state index contributed by atoms with van der Waals surface area (Å²) in [6.07, 6.45) is 0. The molecule has 6 nitrogen and oxygen atoms in total. The zero-order chi connectivity index (χ0) is 17.4. The van der Waals surface area contributed by atoms with E-state index in [1.54, 1.807) is 25.1 Å². The number of methoxy groups -OCH3 is 3. The van der Waals surface area contributed by atoms with Gasteiger partial charge in [-0.25, -0.2) is 0 Å². The smallest absolute Gasteiger partial charge is 0.204 e. The van der Waals surface area contributed by atoms with Crippen LogP contribution in [0.1, 0.15) is 11.1 Å². The summed E-state index contributed by atoms with van der Waals surface area (Å²) < 4.78 is 21.6. The molecule has 3 rings (SSSR count). The minimum atomic E-state index is -0.302. The van der Waals surface area contributed by atoms with Gasteiger partial charge in [0.05, 0.1) is 26.2 Å². The largest absolute Gasteiger partial charge is 0.507 e. The van der Waals surface area contributed by atoms with Gasteiger partial charge in [-0.15, -0.1) is 0 Å². The molecule has 0 atom stereocenters. The molecule has 0 aliphatic carbocycles. The van der Waals surface area contributed by atoms with Crippen molar-refractivity contribution in [3.8, 4) is 17.2 Å². The molecular formula is C18H18O6. The van der Waals surface area contributed by atoms with Crippen molar-refractivity contribution in [3.05, 3.63) is 39.5 Å². The number of phenols is 1. The number of aryl methyl sites for hydroxylation is 1. The maximum Gasteiger partial charge on any atom is 0.204 e. The van der Waals surface area contributed by atoms with E-state index in [-0.39, 0.29) is 28.6 Å². The first kappa shape index (κ1) is 16.1. The topological polar surface area (TPSA) is 78.1 Å². The number of ether oxygens (including phenoxy) is 3. The van der Waals surface area contributed by atoms with E-state index in [0.717, 1.165) is 0 Å². The fourth-order valence-corrected chi connectivity index (χ4v) is 2.91. The van der Waals surface area contributed by atoms with Crippen molar-refractivity contribution in [1.82, 2.24) is 0 Å². The standard InChI is InChI=1S/C18H18O6/c1-9-7-13-14(10(8-21-2)16(9)19)17(20)15-11(24-13)5-6-12(22-3)18(15)23-4/h5-7,19H,8H2,1-4H3. The van der Waals surface area contributed by atoms with E-state index in [1.807, 2.05) is 0 Å². The fraction of sp³-hybridized carbons (Fsp3) is 0.278. The van der Waals surface area contributed by atoms with Gasteiger partial charge < -0.3 is 23.7 Å². The van der Waals surface area contributed by atoms with Crippen LogP contribution < -0.4 is 14.9 Å². The Bertz CT molecular complexity index is 987. The molecule has 0 radical (unpaired) electrons. The zero-order valence-corrected chi connectivity index (χ0v) is 13.9. The van der Waals surface area contributed by atoms with E-state index in [1.165, 1.54) is 21.3 Å². The SMILES string of the molecule is COCc1c(O)c(C)cc2oc3ccc(OC)c(OC)c3c(=O)c12. The zero-order valence-electron chi connectivity index (χ0n) is 13.9. The van der Waals surface area contributed by atoms with Crippen LogP contribution in [-0.4, -0.2) is 26.4 Å². The number of benzene rings is 2. The Morgan fingerprint density at radius 1 is 1.08 bits per heavy atom. The highest BCUT2D eigenvalue weighted by Crippen LogP contribution is 2.37. The molecule has 1 heterocycles. The van der Waals surface area contributed by atoms with Crippen LogP contribution in [0.5, 0.6) is 17.2 Å². The first-order valence-corrected chi connectivity index (χ1v) is 7.35. The van der Waals surface area contributed by atoms with Gasteiger partial charge in [0.1, 0.15) is 22.3 Å². The van der Waals surface area contributed by atoms with E-state index in [9.17, 15) is 9.90 Å². The highest BCUT2D eigenvalue weighted by molar-refractivity contribution is 5.97. The molecule has 6 heteroatoms. The first-order valence-electron chi connectivity index (χ1n) is 7.35. The second-order valence-corrected chi connectivity index (χ2v) is 5.43. The fourth-order valence-electron chi connectivity index (χ4n) is 2.91. The van der Waals surface area contributed by atoms with Crippen molar-refractivity contribution in [3.63, 3.8) is 0 Å². The summed E-state index contributed by atoms with van der Waals surface area (Å²) in [4.78, 5) is 13.1. The van der Waals surface area contributed by atoms with E-state index in [0.29, 0.717) is 33.8 Å². The second kappa shape index (κ2) is 6.05. The molecule has 0 amide bonds. The quantitative estimate of drug-likeness (QED) is 0.741. The molecule has 1 N–H and O–H groups in total. The Kier molecular flexibility index (Phi) is 4.07. The Morgan fingerprint density at radius 3 is 2.46 bits per heavy atom. The predicted molar refractivity (Wildman–Crippen MR) is 90.2 cm³/mol. The van der Waals surface area contributed by atoms with Crippen molar-refractivity contribution in [2.75, 3.05) is 21.3 Å². The Balaban J connectivity index is 2.56. The molecule has 126 valence electrons. The minimum absolute atomic E-state index is 0.0258. The highest BCUT2D eigenvalue weighted by atomic mass is 16.5. The summed E-state index contributed by atoms with van der Waals surface area (Å²) in [5.41, 5.74) is 1.48. The number of hydrogen-bond acceptors (Lipinski definition) is 6. The number of hydrogen-bond donors (Lipinski definition) is 1. The molecule has 0 unspecified atom stereocenters. The lowest BCUT2D eigenvalue weighted by atomic mass is 10.0. The number of fused-ring (bicyclic) bond motifs is 2. The van der Waals surface area contributed by atoms with Crippen LogP contribution in [0, 0.1) is 6.92 Å². The lowest BCUT2D eigenvalue weighted by Crippen LogP contribution is -2.09. The van der Waals surface area contributed by atoms with Crippen LogP contribution in [-0.2, 0) is 11.3 Å². The summed E-state index contributed by atoms with van der Waals surface area (Å²) >= 11 is 0. The first-order chi connectivity index (χ1) is 11.5. The normalized spacial score (nSPS) is 11.2. The number of aromatic hydroxyl groups is 1. The van der Waals surface area contributed by atoms with E-state index >= 15 is 0 Å². The van der Waals surface area contributed by atoms with Gasteiger partial charge in [-0.3, -0.25) is 4.79 Å². The number of phenolic OH excluding ortho intramolecular Hbond substituents is 1. The van der Waals surface area contributed by atoms with E-state index in [2.05, 4.69) is 0 Å². The van der Waals surface area contributed by atoms with Crippen LogP contribution in [0.4, 0.5) is 0 Å². The van der Waals surface area contributed by atoms with Crippen molar-refractivity contribution in [2.24, 2.45) is 0 Å². The average Bonchev–Trinajstić information content (AvgIpc) is 2.58. The summed E-state index contributed by atoms with van der Waals surface area (Å²) in [5.74, 6) is 0.758. The van der Waals surface area contributed by atoms with Crippen molar-refractivity contribution in [1.29, 1.82) is 0 Å².